The molecule has 1 aromatic carbocycles. The van der Waals surface area contributed by atoms with E-state index in [-0.39, 0.29) is 6.03 Å². The molecule has 3 N–H and O–H groups in total. The van der Waals surface area contributed by atoms with Crippen LogP contribution in [0.25, 0.3) is 0 Å². The molecule has 2 amide bonds. The molecule has 9 heteroatoms. The van der Waals surface area contributed by atoms with E-state index in [2.05, 4.69) is 30.8 Å². The molecular formula is C18H23ClN6O2. The van der Waals surface area contributed by atoms with E-state index >= 15 is 0 Å². The first-order chi connectivity index (χ1) is 13.1. The van der Waals surface area contributed by atoms with Crippen molar-refractivity contribution in [1.82, 2.24) is 15.3 Å². The summed E-state index contributed by atoms with van der Waals surface area (Å²) >= 11 is 6.11. The van der Waals surface area contributed by atoms with Gasteiger partial charge in [-0.25, -0.2) is 14.8 Å². The van der Waals surface area contributed by atoms with Crippen molar-refractivity contribution in [3.05, 3.63) is 41.2 Å². The number of morpholine rings is 1. The van der Waals surface area contributed by atoms with Crippen molar-refractivity contribution in [1.29, 1.82) is 0 Å². The molecule has 2 aromatic rings. The summed E-state index contributed by atoms with van der Waals surface area (Å²) in [4.78, 5) is 22.6. The van der Waals surface area contributed by atoms with Crippen LogP contribution >= 0.6 is 11.6 Å². The van der Waals surface area contributed by atoms with Gasteiger partial charge >= 0.3 is 6.03 Å². The van der Waals surface area contributed by atoms with Gasteiger partial charge in [-0.15, -0.1) is 0 Å². The average Bonchev–Trinajstić information content (AvgIpc) is 2.68. The quantitative estimate of drug-likeness (QED) is 0.656. The summed E-state index contributed by atoms with van der Waals surface area (Å²) in [5.41, 5.74) is 1.62. The molecule has 1 aliphatic rings. The van der Waals surface area contributed by atoms with Crippen LogP contribution < -0.4 is 20.9 Å². The molecule has 0 unspecified atom stereocenters. The van der Waals surface area contributed by atoms with Gasteiger partial charge in [0.2, 0.25) is 0 Å². The normalized spacial score (nSPS) is 13.9. The number of nitrogens with zero attached hydrogens (tertiary/aromatic N) is 3. The van der Waals surface area contributed by atoms with Crippen molar-refractivity contribution in [2.75, 3.05) is 54.9 Å². The van der Waals surface area contributed by atoms with Gasteiger partial charge in [0, 0.05) is 32.2 Å². The Labute approximate surface area is 163 Å². The Kier molecular flexibility index (Phi) is 6.67. The lowest BCUT2D eigenvalue weighted by Crippen LogP contribution is -2.36. The summed E-state index contributed by atoms with van der Waals surface area (Å²) in [6.45, 7) is 5.97. The first-order valence-electron chi connectivity index (χ1n) is 8.81. The van der Waals surface area contributed by atoms with Gasteiger partial charge in [0.25, 0.3) is 0 Å². The number of halogens is 1. The van der Waals surface area contributed by atoms with Crippen LogP contribution in [0.4, 0.5) is 22.1 Å². The number of carbonyl (C=O) groups excluding carboxylic acids is 1. The van der Waals surface area contributed by atoms with Gasteiger partial charge in [0.15, 0.2) is 0 Å². The SMILES string of the molecule is Cc1ccc(NC(=O)NCCNc2cc(N3CCOCC3)ncn2)c(Cl)c1. The van der Waals surface area contributed by atoms with Crippen molar-refractivity contribution in [2.24, 2.45) is 0 Å². The average molecular weight is 391 g/mol. The van der Waals surface area contributed by atoms with Crippen LogP contribution in [0.3, 0.4) is 0 Å². The van der Waals surface area contributed by atoms with E-state index in [1.807, 2.05) is 19.1 Å². The van der Waals surface area contributed by atoms with Gasteiger partial charge in [-0.05, 0) is 24.6 Å². The van der Waals surface area contributed by atoms with Crippen LogP contribution in [0.15, 0.2) is 30.6 Å². The molecule has 27 heavy (non-hydrogen) atoms. The fraction of sp³-hybridized carbons (Fsp3) is 0.389. The molecule has 1 aromatic heterocycles. The van der Waals surface area contributed by atoms with E-state index in [1.165, 1.54) is 6.33 Å². The van der Waals surface area contributed by atoms with Crippen molar-refractivity contribution in [3.8, 4) is 0 Å². The van der Waals surface area contributed by atoms with Crippen molar-refractivity contribution < 1.29 is 9.53 Å². The molecule has 1 saturated heterocycles. The van der Waals surface area contributed by atoms with Crippen LogP contribution in [0, 0.1) is 6.92 Å². The number of hydrogen-bond acceptors (Lipinski definition) is 6. The maximum absolute atomic E-state index is 12.0. The number of urea groups is 1. The number of anilines is 3. The lowest BCUT2D eigenvalue weighted by atomic mass is 10.2. The number of carbonyl (C=O) groups is 1. The number of benzene rings is 1. The summed E-state index contributed by atoms with van der Waals surface area (Å²) in [7, 11) is 0. The molecule has 0 spiro atoms. The number of amides is 2. The minimum atomic E-state index is -0.306. The predicted molar refractivity (Wildman–Crippen MR) is 107 cm³/mol. The topological polar surface area (TPSA) is 91.4 Å². The highest BCUT2D eigenvalue weighted by Gasteiger charge is 2.13. The highest BCUT2D eigenvalue weighted by Crippen LogP contribution is 2.22. The number of aromatic nitrogens is 2. The molecule has 3 rings (SSSR count). The summed E-state index contributed by atoms with van der Waals surface area (Å²) < 4.78 is 5.35. The van der Waals surface area contributed by atoms with E-state index in [4.69, 9.17) is 16.3 Å². The molecule has 2 heterocycles. The first-order valence-corrected chi connectivity index (χ1v) is 9.19. The Morgan fingerprint density at radius 2 is 2.04 bits per heavy atom. The second-order valence-electron chi connectivity index (χ2n) is 6.15. The van der Waals surface area contributed by atoms with E-state index in [1.54, 1.807) is 12.1 Å². The lowest BCUT2D eigenvalue weighted by molar-refractivity contribution is 0.122. The Hall–Kier alpha value is -2.58. The van der Waals surface area contributed by atoms with Crippen molar-refractivity contribution in [3.63, 3.8) is 0 Å². The molecule has 0 saturated carbocycles. The Balaban J connectivity index is 1.42. The highest BCUT2D eigenvalue weighted by atomic mass is 35.5. The lowest BCUT2D eigenvalue weighted by Gasteiger charge is -2.27. The summed E-state index contributed by atoms with van der Waals surface area (Å²) in [6, 6.07) is 7.07. The number of rotatable bonds is 6. The molecule has 1 fully saturated rings. The van der Waals surface area contributed by atoms with Crippen molar-refractivity contribution >= 4 is 35.0 Å². The summed E-state index contributed by atoms with van der Waals surface area (Å²) in [6.07, 6.45) is 1.53. The third-order valence-corrected chi connectivity index (χ3v) is 4.39. The third-order valence-electron chi connectivity index (χ3n) is 4.08. The Morgan fingerprint density at radius 1 is 1.22 bits per heavy atom. The largest absolute Gasteiger partial charge is 0.378 e. The van der Waals surface area contributed by atoms with Gasteiger partial charge in [0.05, 0.1) is 23.9 Å². The van der Waals surface area contributed by atoms with E-state index in [0.29, 0.717) is 37.0 Å². The third kappa shape index (κ3) is 5.70. The van der Waals surface area contributed by atoms with Gasteiger partial charge < -0.3 is 25.6 Å². The smallest absolute Gasteiger partial charge is 0.319 e. The zero-order valence-corrected chi connectivity index (χ0v) is 15.9. The van der Waals surface area contributed by atoms with Crippen LogP contribution in [0.2, 0.25) is 5.02 Å². The van der Waals surface area contributed by atoms with E-state index < -0.39 is 0 Å². The Morgan fingerprint density at radius 3 is 2.81 bits per heavy atom. The molecule has 1 aliphatic heterocycles. The summed E-state index contributed by atoms with van der Waals surface area (Å²) in [5, 5.41) is 9.21. The number of nitrogens with one attached hydrogen (secondary N) is 3. The van der Waals surface area contributed by atoms with Crippen LogP contribution in [0.1, 0.15) is 5.56 Å². The van der Waals surface area contributed by atoms with Crippen LogP contribution in [-0.2, 0) is 4.74 Å². The molecule has 8 nitrogen and oxygen atoms in total. The second kappa shape index (κ2) is 9.38. The zero-order chi connectivity index (χ0) is 19.1. The Bertz CT molecular complexity index is 782. The second-order valence-corrected chi connectivity index (χ2v) is 6.56. The van der Waals surface area contributed by atoms with E-state index in [9.17, 15) is 4.79 Å². The maximum Gasteiger partial charge on any atom is 0.319 e. The minimum absolute atomic E-state index is 0.306. The summed E-state index contributed by atoms with van der Waals surface area (Å²) in [5.74, 6) is 1.59. The standard InChI is InChI=1S/C18H23ClN6O2/c1-13-2-3-15(14(19)10-13)24-18(26)21-5-4-20-16-11-17(23-12-22-16)25-6-8-27-9-7-25/h2-3,10-12H,4-9H2,1H3,(H,20,22,23)(H2,21,24,26). The van der Waals surface area contributed by atoms with Crippen molar-refractivity contribution in [2.45, 2.75) is 6.92 Å². The first kappa shape index (κ1) is 19.2. The van der Waals surface area contributed by atoms with Gasteiger partial charge in [-0.2, -0.15) is 0 Å². The number of hydrogen-bond donors (Lipinski definition) is 3. The maximum atomic E-state index is 12.0. The molecule has 0 aliphatic carbocycles. The minimum Gasteiger partial charge on any atom is -0.378 e. The van der Waals surface area contributed by atoms with Gasteiger partial charge in [0.1, 0.15) is 18.0 Å². The van der Waals surface area contributed by atoms with Gasteiger partial charge in [-0.3, -0.25) is 0 Å². The zero-order valence-electron chi connectivity index (χ0n) is 15.2. The fourth-order valence-corrected chi connectivity index (χ4v) is 2.95. The van der Waals surface area contributed by atoms with Crippen LogP contribution in [0.5, 0.6) is 0 Å². The highest BCUT2D eigenvalue weighted by molar-refractivity contribution is 6.33. The fourth-order valence-electron chi connectivity index (χ4n) is 2.66. The van der Waals surface area contributed by atoms with E-state index in [0.717, 1.165) is 30.3 Å². The number of aryl methyl sites for hydroxylation is 1. The van der Waals surface area contributed by atoms with Gasteiger partial charge in [-0.1, -0.05) is 17.7 Å². The molecule has 144 valence electrons. The molecular weight excluding hydrogens is 368 g/mol. The monoisotopic (exact) mass is 390 g/mol. The number of ether oxygens (including phenoxy) is 1. The predicted octanol–water partition coefficient (Wildman–Crippen LogP) is 2.51. The van der Waals surface area contributed by atoms with Crippen LogP contribution in [-0.4, -0.2) is 55.4 Å². The molecule has 0 radical (unpaired) electrons. The molecule has 0 atom stereocenters. The molecule has 0 bridgehead atoms.